The van der Waals surface area contributed by atoms with Gasteiger partial charge in [0.05, 0.1) is 0 Å². The van der Waals surface area contributed by atoms with Crippen LogP contribution in [-0.2, 0) is 4.79 Å². The molecule has 12 heavy (non-hydrogen) atoms. The van der Waals surface area contributed by atoms with Gasteiger partial charge in [0, 0.05) is 0 Å². The van der Waals surface area contributed by atoms with Crippen molar-refractivity contribution < 1.29 is 9.90 Å². The van der Waals surface area contributed by atoms with Gasteiger partial charge in [-0.25, -0.2) is 0 Å². The van der Waals surface area contributed by atoms with E-state index in [0.29, 0.717) is 0 Å². The first-order valence-corrected chi connectivity index (χ1v) is 5.47. The van der Waals surface area contributed by atoms with Crippen LogP contribution in [0.1, 0.15) is 45.4 Å². The molecule has 0 aliphatic rings. The van der Waals surface area contributed by atoms with Crippen molar-refractivity contribution in [2.45, 2.75) is 50.3 Å². The van der Waals surface area contributed by atoms with Gasteiger partial charge in [-0.15, -0.1) is 0 Å². The Kier molecular flexibility index (Phi) is 7.56. The average Bonchev–Trinajstić information content (AvgIpc) is 2.03. The van der Waals surface area contributed by atoms with Crippen LogP contribution in [0.5, 0.6) is 0 Å². The fraction of sp³-hybridized carbons (Fsp3) is 0.889. The van der Waals surface area contributed by atoms with Crippen molar-refractivity contribution >= 4 is 21.9 Å². The third-order valence-electron chi connectivity index (χ3n) is 1.83. The van der Waals surface area contributed by atoms with Gasteiger partial charge in [-0.05, 0) is 6.42 Å². The van der Waals surface area contributed by atoms with Gasteiger partial charge in [0.15, 0.2) is 0 Å². The first-order chi connectivity index (χ1) is 5.68. The van der Waals surface area contributed by atoms with Gasteiger partial charge in [-0.3, -0.25) is 4.79 Å². The zero-order valence-corrected chi connectivity index (χ0v) is 9.14. The molecule has 1 atom stereocenters. The summed E-state index contributed by atoms with van der Waals surface area (Å²) in [5.41, 5.74) is 0. The highest BCUT2D eigenvalue weighted by atomic mass is 79.9. The van der Waals surface area contributed by atoms with E-state index in [1.807, 2.05) is 0 Å². The zero-order chi connectivity index (χ0) is 9.40. The Morgan fingerprint density at radius 3 is 2.42 bits per heavy atom. The third-order valence-corrected chi connectivity index (χ3v) is 2.68. The number of alkyl halides is 1. The Morgan fingerprint density at radius 1 is 1.33 bits per heavy atom. The molecule has 0 bridgehead atoms. The topological polar surface area (TPSA) is 37.3 Å². The highest BCUT2D eigenvalue weighted by Gasteiger charge is 2.11. The fourth-order valence-corrected chi connectivity index (χ4v) is 1.37. The van der Waals surface area contributed by atoms with E-state index in [1.54, 1.807) is 0 Å². The van der Waals surface area contributed by atoms with Crippen LogP contribution in [0.3, 0.4) is 0 Å². The summed E-state index contributed by atoms with van der Waals surface area (Å²) in [5.74, 6) is -0.745. The van der Waals surface area contributed by atoms with E-state index < -0.39 is 5.97 Å². The lowest BCUT2D eigenvalue weighted by Gasteiger charge is -2.03. The maximum absolute atomic E-state index is 10.4. The Hall–Kier alpha value is -0.0500. The summed E-state index contributed by atoms with van der Waals surface area (Å²) in [7, 11) is 0. The maximum Gasteiger partial charge on any atom is 0.317 e. The monoisotopic (exact) mass is 236 g/mol. The largest absolute Gasteiger partial charge is 0.480 e. The quantitative estimate of drug-likeness (QED) is 0.545. The first-order valence-electron chi connectivity index (χ1n) is 4.55. The lowest BCUT2D eigenvalue weighted by atomic mass is 10.1. The maximum atomic E-state index is 10.4. The van der Waals surface area contributed by atoms with Gasteiger partial charge in [0.2, 0.25) is 0 Å². The minimum atomic E-state index is -0.745. The van der Waals surface area contributed by atoms with Crippen LogP contribution in [0.4, 0.5) is 0 Å². The second-order valence-electron chi connectivity index (χ2n) is 3.01. The highest BCUT2D eigenvalue weighted by molar-refractivity contribution is 9.10. The van der Waals surface area contributed by atoms with E-state index in [0.717, 1.165) is 19.3 Å². The first kappa shape index (κ1) is 11.9. The van der Waals surface area contributed by atoms with E-state index in [-0.39, 0.29) is 4.83 Å². The summed E-state index contributed by atoms with van der Waals surface area (Å²) in [5, 5.41) is 8.54. The molecule has 0 saturated heterocycles. The summed E-state index contributed by atoms with van der Waals surface area (Å²) < 4.78 is 0. The van der Waals surface area contributed by atoms with Crippen LogP contribution in [0.25, 0.3) is 0 Å². The molecular weight excluding hydrogens is 220 g/mol. The van der Waals surface area contributed by atoms with Crippen molar-refractivity contribution in [1.82, 2.24) is 0 Å². The number of rotatable bonds is 7. The number of hydrogen-bond acceptors (Lipinski definition) is 1. The molecule has 0 rings (SSSR count). The normalized spacial score (nSPS) is 12.8. The Bertz CT molecular complexity index is 126. The van der Waals surface area contributed by atoms with E-state index in [4.69, 9.17) is 5.11 Å². The SMILES string of the molecule is CCCCCCC[C@H](Br)C(=O)O. The smallest absolute Gasteiger partial charge is 0.317 e. The second-order valence-corrected chi connectivity index (χ2v) is 4.11. The number of aliphatic carboxylic acids is 1. The molecule has 0 aromatic rings. The van der Waals surface area contributed by atoms with E-state index in [2.05, 4.69) is 22.9 Å². The number of carboxylic acid groups (broad SMARTS) is 1. The molecule has 0 saturated carbocycles. The molecule has 0 amide bonds. The van der Waals surface area contributed by atoms with Crippen molar-refractivity contribution in [2.75, 3.05) is 0 Å². The predicted octanol–water partition coefficient (Wildman–Crippen LogP) is 3.20. The van der Waals surface area contributed by atoms with Gasteiger partial charge >= 0.3 is 5.97 Å². The predicted molar refractivity (Wildman–Crippen MR) is 53.7 cm³/mol. The van der Waals surface area contributed by atoms with E-state index >= 15 is 0 Å². The van der Waals surface area contributed by atoms with Crippen LogP contribution in [0.2, 0.25) is 0 Å². The lowest BCUT2D eigenvalue weighted by molar-refractivity contribution is -0.136. The molecular formula is C9H17BrO2. The Labute approximate surface area is 82.5 Å². The van der Waals surface area contributed by atoms with Gasteiger partial charge < -0.3 is 5.11 Å². The molecule has 0 radical (unpaired) electrons. The number of carboxylic acids is 1. The van der Waals surface area contributed by atoms with Crippen molar-refractivity contribution in [2.24, 2.45) is 0 Å². The zero-order valence-electron chi connectivity index (χ0n) is 7.55. The Balaban J connectivity index is 3.14. The molecule has 2 nitrogen and oxygen atoms in total. The van der Waals surface area contributed by atoms with Gasteiger partial charge in [-0.1, -0.05) is 55.0 Å². The van der Waals surface area contributed by atoms with Crippen molar-refractivity contribution in [3.8, 4) is 0 Å². The molecule has 0 heterocycles. The minimum absolute atomic E-state index is 0.348. The summed E-state index contributed by atoms with van der Waals surface area (Å²) in [6.45, 7) is 2.17. The van der Waals surface area contributed by atoms with Crippen molar-refractivity contribution in [3.05, 3.63) is 0 Å². The number of unbranched alkanes of at least 4 members (excludes halogenated alkanes) is 4. The third kappa shape index (κ3) is 6.65. The molecule has 0 aromatic carbocycles. The second kappa shape index (κ2) is 7.59. The van der Waals surface area contributed by atoms with Crippen molar-refractivity contribution in [3.63, 3.8) is 0 Å². The molecule has 3 heteroatoms. The van der Waals surface area contributed by atoms with Crippen molar-refractivity contribution in [1.29, 1.82) is 0 Å². The van der Waals surface area contributed by atoms with Gasteiger partial charge in [0.25, 0.3) is 0 Å². The van der Waals surface area contributed by atoms with Crippen LogP contribution >= 0.6 is 15.9 Å². The summed E-state index contributed by atoms with van der Waals surface area (Å²) in [6.07, 6.45) is 6.65. The fourth-order valence-electron chi connectivity index (χ4n) is 1.05. The summed E-state index contributed by atoms with van der Waals surface area (Å²) in [4.78, 5) is 10.0. The Morgan fingerprint density at radius 2 is 1.92 bits per heavy atom. The summed E-state index contributed by atoms with van der Waals surface area (Å²) in [6, 6.07) is 0. The standard InChI is InChI=1S/C9H17BrO2/c1-2-3-4-5-6-7-8(10)9(11)12/h8H,2-7H2,1H3,(H,11,12)/t8-/m0/s1. The van der Waals surface area contributed by atoms with Gasteiger partial charge in [-0.2, -0.15) is 0 Å². The molecule has 0 fully saturated rings. The lowest BCUT2D eigenvalue weighted by Crippen LogP contribution is -2.11. The van der Waals surface area contributed by atoms with E-state index in [9.17, 15) is 4.79 Å². The molecule has 0 aliphatic carbocycles. The minimum Gasteiger partial charge on any atom is -0.480 e. The van der Waals surface area contributed by atoms with Crippen LogP contribution in [-0.4, -0.2) is 15.9 Å². The van der Waals surface area contributed by atoms with Crippen LogP contribution in [0.15, 0.2) is 0 Å². The number of hydrogen-bond donors (Lipinski definition) is 1. The molecule has 1 N–H and O–H groups in total. The molecule has 0 aromatic heterocycles. The average molecular weight is 237 g/mol. The highest BCUT2D eigenvalue weighted by Crippen LogP contribution is 2.12. The summed E-state index contributed by atoms with van der Waals surface area (Å²) >= 11 is 3.11. The molecule has 0 aliphatic heterocycles. The molecule has 0 spiro atoms. The molecule has 0 unspecified atom stereocenters. The van der Waals surface area contributed by atoms with Crippen LogP contribution in [0, 0.1) is 0 Å². The van der Waals surface area contributed by atoms with Crippen LogP contribution < -0.4 is 0 Å². The van der Waals surface area contributed by atoms with E-state index in [1.165, 1.54) is 19.3 Å². The molecule has 72 valence electrons. The van der Waals surface area contributed by atoms with Gasteiger partial charge in [0.1, 0.15) is 4.83 Å². The number of carbonyl (C=O) groups is 1. The number of halogens is 1.